The van der Waals surface area contributed by atoms with Gasteiger partial charge in [-0.25, -0.2) is 0 Å². The number of benzene rings is 1. The molecule has 2 unspecified atom stereocenters. The van der Waals surface area contributed by atoms with Crippen molar-refractivity contribution in [2.75, 3.05) is 0 Å². The highest BCUT2D eigenvalue weighted by atomic mass is 35.5. The minimum atomic E-state index is -0.296. The monoisotopic (exact) mass is 328 g/mol. The summed E-state index contributed by atoms with van der Waals surface area (Å²) in [6.07, 6.45) is 4.95. The van der Waals surface area contributed by atoms with Crippen molar-refractivity contribution in [3.05, 3.63) is 33.8 Å². The smallest absolute Gasteiger partial charge is 0.0639 e. The Hall–Kier alpha value is -0.240. The number of hydrogen-bond acceptors (Lipinski definition) is 1. The molecule has 1 fully saturated rings. The van der Waals surface area contributed by atoms with Gasteiger partial charge in [0.2, 0.25) is 0 Å². The van der Waals surface area contributed by atoms with Crippen LogP contribution in [0.4, 0.5) is 0 Å². The fourth-order valence-electron chi connectivity index (χ4n) is 3.60. The van der Waals surface area contributed by atoms with Gasteiger partial charge >= 0.3 is 0 Å². The first-order chi connectivity index (χ1) is 9.90. The van der Waals surface area contributed by atoms with Crippen LogP contribution < -0.4 is 0 Å². The van der Waals surface area contributed by atoms with Crippen LogP contribution in [0.5, 0.6) is 0 Å². The van der Waals surface area contributed by atoms with E-state index in [9.17, 15) is 5.11 Å². The molecule has 1 aromatic rings. The largest absolute Gasteiger partial charge is 0.392 e. The van der Waals surface area contributed by atoms with E-state index >= 15 is 0 Å². The van der Waals surface area contributed by atoms with Crippen LogP contribution in [0, 0.1) is 11.8 Å². The minimum absolute atomic E-state index is 0.115. The van der Waals surface area contributed by atoms with Gasteiger partial charge in [0, 0.05) is 5.41 Å². The van der Waals surface area contributed by atoms with Crippen LogP contribution >= 0.6 is 23.2 Å². The quantitative estimate of drug-likeness (QED) is 0.694. The van der Waals surface area contributed by atoms with Gasteiger partial charge in [-0.05, 0) is 48.8 Å². The molecule has 0 spiro atoms. The van der Waals surface area contributed by atoms with Crippen LogP contribution in [0.3, 0.4) is 0 Å². The molecule has 2 rings (SSSR count). The highest BCUT2D eigenvalue weighted by Crippen LogP contribution is 2.49. The summed E-state index contributed by atoms with van der Waals surface area (Å²) in [6, 6.07) is 5.83. The van der Waals surface area contributed by atoms with Crippen LogP contribution in [-0.4, -0.2) is 11.2 Å². The van der Waals surface area contributed by atoms with E-state index < -0.39 is 0 Å². The third kappa shape index (κ3) is 3.41. The van der Waals surface area contributed by atoms with Gasteiger partial charge in [0.15, 0.2) is 0 Å². The van der Waals surface area contributed by atoms with E-state index in [1.54, 1.807) is 0 Å². The van der Waals surface area contributed by atoms with Crippen molar-refractivity contribution in [3.63, 3.8) is 0 Å². The molecule has 3 heteroatoms. The predicted octanol–water partition coefficient (Wildman–Crippen LogP) is 5.85. The van der Waals surface area contributed by atoms with Crippen molar-refractivity contribution < 1.29 is 5.11 Å². The molecule has 0 amide bonds. The molecule has 0 heterocycles. The Kier molecular flexibility index (Phi) is 5.62. The number of halogens is 2. The zero-order valence-corrected chi connectivity index (χ0v) is 14.7. The van der Waals surface area contributed by atoms with Crippen LogP contribution in [0.1, 0.15) is 58.4 Å². The molecule has 0 radical (unpaired) electrons. The number of hydrogen-bond donors (Lipinski definition) is 1. The summed E-state index contributed by atoms with van der Waals surface area (Å²) in [5.74, 6) is 1.18. The molecule has 2 atom stereocenters. The van der Waals surface area contributed by atoms with E-state index in [1.165, 1.54) is 6.42 Å². The lowest BCUT2D eigenvalue weighted by atomic mass is 9.59. The molecule has 1 saturated carbocycles. The average Bonchev–Trinajstić information content (AvgIpc) is 2.38. The van der Waals surface area contributed by atoms with Gasteiger partial charge in [-0.3, -0.25) is 0 Å². The molecular formula is C18H26Cl2O. The third-order valence-corrected chi connectivity index (χ3v) is 6.11. The van der Waals surface area contributed by atoms with Crippen molar-refractivity contribution in [3.8, 4) is 0 Å². The number of aliphatic hydroxyl groups excluding tert-OH is 1. The Morgan fingerprint density at radius 3 is 2.29 bits per heavy atom. The van der Waals surface area contributed by atoms with Gasteiger partial charge in [-0.1, -0.05) is 62.9 Å². The maximum Gasteiger partial charge on any atom is 0.0639 e. The Morgan fingerprint density at radius 1 is 1.19 bits per heavy atom. The van der Waals surface area contributed by atoms with Crippen molar-refractivity contribution in [2.45, 2.75) is 64.4 Å². The topological polar surface area (TPSA) is 20.2 Å². The summed E-state index contributed by atoms with van der Waals surface area (Å²) in [6.45, 7) is 6.70. The van der Waals surface area contributed by atoms with E-state index in [0.717, 1.165) is 31.2 Å². The normalized spacial score (nSPS) is 20.1. The molecule has 0 aromatic heterocycles. The maximum atomic E-state index is 10.9. The summed E-state index contributed by atoms with van der Waals surface area (Å²) >= 11 is 12.2. The lowest BCUT2D eigenvalue weighted by molar-refractivity contribution is 0.00547. The summed E-state index contributed by atoms with van der Waals surface area (Å²) in [4.78, 5) is 0. The first-order valence-corrected chi connectivity index (χ1v) is 8.80. The maximum absolute atomic E-state index is 10.9. The summed E-state index contributed by atoms with van der Waals surface area (Å²) in [5, 5.41) is 12.1. The molecule has 0 bridgehead atoms. The first kappa shape index (κ1) is 17.1. The number of rotatable bonds is 6. The van der Waals surface area contributed by atoms with Crippen LogP contribution in [0.25, 0.3) is 0 Å². The summed E-state index contributed by atoms with van der Waals surface area (Å²) in [7, 11) is 0. The predicted molar refractivity (Wildman–Crippen MR) is 91.2 cm³/mol. The Labute approximate surface area is 138 Å². The molecule has 1 N–H and O–H groups in total. The third-order valence-electron chi connectivity index (χ3n) is 5.37. The standard InChI is InChI=1S/C18H26Cl2O/c1-4-13(12(2)3)10-17(21)18(8-5-9-18)14-6-7-15(19)16(20)11-14/h6-7,11-13,17,21H,4-5,8-10H2,1-3H3. The van der Waals surface area contributed by atoms with Gasteiger partial charge in [0.25, 0.3) is 0 Å². The first-order valence-electron chi connectivity index (χ1n) is 8.04. The molecule has 1 aliphatic rings. The van der Waals surface area contributed by atoms with Crippen molar-refractivity contribution in [1.29, 1.82) is 0 Å². The van der Waals surface area contributed by atoms with Crippen molar-refractivity contribution in [1.82, 2.24) is 0 Å². The molecular weight excluding hydrogens is 303 g/mol. The number of aliphatic hydroxyl groups is 1. The van der Waals surface area contributed by atoms with E-state index in [1.807, 2.05) is 18.2 Å². The van der Waals surface area contributed by atoms with Gasteiger partial charge in [0.1, 0.15) is 0 Å². The second-order valence-corrected chi connectivity index (χ2v) is 7.62. The minimum Gasteiger partial charge on any atom is -0.392 e. The second-order valence-electron chi connectivity index (χ2n) is 6.80. The van der Waals surface area contributed by atoms with E-state index in [4.69, 9.17) is 23.2 Å². The summed E-state index contributed by atoms with van der Waals surface area (Å²) in [5.41, 5.74) is 1.03. The Morgan fingerprint density at radius 2 is 1.86 bits per heavy atom. The second kappa shape index (κ2) is 6.89. The van der Waals surface area contributed by atoms with E-state index in [-0.39, 0.29) is 11.5 Å². The lowest BCUT2D eigenvalue weighted by Crippen LogP contribution is -2.46. The van der Waals surface area contributed by atoms with E-state index in [0.29, 0.717) is 21.9 Å². The summed E-state index contributed by atoms with van der Waals surface area (Å²) < 4.78 is 0. The molecule has 0 saturated heterocycles. The van der Waals surface area contributed by atoms with Crippen LogP contribution in [-0.2, 0) is 5.41 Å². The van der Waals surface area contributed by atoms with Crippen LogP contribution in [0.2, 0.25) is 10.0 Å². The lowest BCUT2D eigenvalue weighted by Gasteiger charge is -2.47. The zero-order valence-electron chi connectivity index (χ0n) is 13.2. The molecule has 1 nitrogen and oxygen atoms in total. The molecule has 1 aromatic carbocycles. The average molecular weight is 329 g/mol. The molecule has 0 aliphatic heterocycles. The molecule has 1 aliphatic carbocycles. The van der Waals surface area contributed by atoms with Gasteiger partial charge in [0.05, 0.1) is 16.1 Å². The van der Waals surface area contributed by atoms with Gasteiger partial charge in [-0.15, -0.1) is 0 Å². The molecule has 21 heavy (non-hydrogen) atoms. The fourth-order valence-corrected chi connectivity index (χ4v) is 3.90. The highest BCUT2D eigenvalue weighted by molar-refractivity contribution is 6.42. The SMILES string of the molecule is CCC(CC(O)C1(c2ccc(Cl)c(Cl)c2)CCC1)C(C)C. The van der Waals surface area contributed by atoms with E-state index in [2.05, 4.69) is 20.8 Å². The van der Waals surface area contributed by atoms with Gasteiger partial charge in [-0.2, -0.15) is 0 Å². The Balaban J connectivity index is 2.22. The van der Waals surface area contributed by atoms with Crippen molar-refractivity contribution in [2.24, 2.45) is 11.8 Å². The fraction of sp³-hybridized carbons (Fsp3) is 0.667. The van der Waals surface area contributed by atoms with Crippen LogP contribution in [0.15, 0.2) is 18.2 Å². The highest BCUT2D eigenvalue weighted by Gasteiger charge is 2.45. The van der Waals surface area contributed by atoms with Gasteiger partial charge < -0.3 is 5.11 Å². The zero-order chi connectivity index (χ0) is 15.6. The molecule has 118 valence electrons. The Bertz CT molecular complexity index is 480. The van der Waals surface area contributed by atoms with Crippen molar-refractivity contribution >= 4 is 23.2 Å².